The highest BCUT2D eigenvalue weighted by Crippen LogP contribution is 2.29. The monoisotopic (exact) mass is 526 g/mol. The van der Waals surface area contributed by atoms with Gasteiger partial charge in [-0.3, -0.25) is 9.97 Å². The van der Waals surface area contributed by atoms with Crippen LogP contribution in [0, 0.1) is 0 Å². The number of nitrogens with two attached hydrogens (primary N) is 1. The van der Waals surface area contributed by atoms with Crippen molar-refractivity contribution in [1.82, 2.24) is 15.3 Å². The van der Waals surface area contributed by atoms with Crippen molar-refractivity contribution in [2.45, 2.75) is 51.3 Å². The second-order valence-electron chi connectivity index (χ2n) is 11.3. The van der Waals surface area contributed by atoms with Crippen molar-refractivity contribution in [3.05, 3.63) is 73.1 Å². The number of ether oxygens (including phenoxy) is 1. The van der Waals surface area contributed by atoms with Crippen LogP contribution in [0.15, 0.2) is 73.1 Å². The molecule has 2 saturated heterocycles. The zero-order valence-electron chi connectivity index (χ0n) is 23.0. The molecule has 3 N–H and O–H groups in total. The molecular formula is C31H38N6O2. The molecule has 39 heavy (non-hydrogen) atoms. The highest BCUT2D eigenvalue weighted by atomic mass is 16.6. The number of fused-ring (bicyclic) bond motifs is 2. The number of pyridine rings is 2. The number of nitrogens with one attached hydrogen (secondary N) is 1. The first kappa shape index (κ1) is 26.7. The highest BCUT2D eigenvalue weighted by molar-refractivity contribution is 5.92. The number of anilines is 2. The van der Waals surface area contributed by atoms with E-state index < -0.39 is 5.60 Å². The molecule has 2 fully saturated rings. The van der Waals surface area contributed by atoms with Crippen molar-refractivity contribution in [1.29, 1.82) is 0 Å². The first-order valence-corrected chi connectivity index (χ1v) is 13.7. The van der Waals surface area contributed by atoms with Crippen molar-refractivity contribution in [2.75, 3.05) is 36.0 Å². The van der Waals surface area contributed by atoms with Gasteiger partial charge < -0.3 is 25.6 Å². The second-order valence-corrected chi connectivity index (χ2v) is 11.3. The van der Waals surface area contributed by atoms with E-state index in [9.17, 15) is 4.79 Å². The average Bonchev–Trinajstić information content (AvgIpc) is 3.56. The Hall–Kier alpha value is -3.91. The Morgan fingerprint density at radius 1 is 0.846 bits per heavy atom. The lowest BCUT2D eigenvalue weighted by Crippen LogP contribution is -2.40. The van der Waals surface area contributed by atoms with Gasteiger partial charge in [0.15, 0.2) is 0 Å². The van der Waals surface area contributed by atoms with Crippen LogP contribution in [0.4, 0.5) is 16.2 Å². The summed E-state index contributed by atoms with van der Waals surface area (Å²) in [6.45, 7) is 9.31. The van der Waals surface area contributed by atoms with Crippen LogP contribution in [0.2, 0.25) is 0 Å². The van der Waals surface area contributed by atoms with E-state index in [2.05, 4.69) is 61.5 Å². The topological polar surface area (TPSA) is 96.6 Å². The molecule has 2 aromatic carbocycles. The summed E-state index contributed by atoms with van der Waals surface area (Å²) in [5, 5.41) is 5.33. The van der Waals surface area contributed by atoms with Gasteiger partial charge in [0, 0.05) is 66.8 Å². The van der Waals surface area contributed by atoms with E-state index in [0.717, 1.165) is 55.4 Å². The fraction of sp³-hybridized carbons (Fsp3) is 0.387. The van der Waals surface area contributed by atoms with Crippen LogP contribution in [-0.2, 0) is 4.74 Å². The number of aromatic nitrogens is 2. The van der Waals surface area contributed by atoms with Gasteiger partial charge in [0.05, 0.1) is 17.1 Å². The van der Waals surface area contributed by atoms with Gasteiger partial charge >= 0.3 is 6.09 Å². The van der Waals surface area contributed by atoms with Crippen LogP contribution in [0.5, 0.6) is 0 Å². The molecule has 0 aliphatic carbocycles. The maximum Gasteiger partial charge on any atom is 0.407 e. The highest BCUT2D eigenvalue weighted by Gasteiger charge is 2.27. The van der Waals surface area contributed by atoms with Crippen LogP contribution in [-0.4, -0.2) is 59.9 Å². The Labute approximate surface area is 230 Å². The van der Waals surface area contributed by atoms with E-state index >= 15 is 0 Å². The normalized spacial score (nSPS) is 19.2. The number of hydrogen-bond acceptors (Lipinski definition) is 7. The minimum Gasteiger partial charge on any atom is -0.444 e. The van der Waals surface area contributed by atoms with E-state index in [1.807, 2.05) is 57.4 Å². The zero-order valence-corrected chi connectivity index (χ0v) is 23.0. The summed E-state index contributed by atoms with van der Waals surface area (Å²) in [5.74, 6) is 0. The zero-order chi connectivity index (χ0) is 27.4. The molecule has 6 rings (SSSR count). The van der Waals surface area contributed by atoms with Gasteiger partial charge in [-0.05, 0) is 82.1 Å². The number of rotatable bonds is 3. The molecule has 0 saturated carbocycles. The summed E-state index contributed by atoms with van der Waals surface area (Å²) in [7, 11) is 0. The molecule has 8 nitrogen and oxygen atoms in total. The van der Waals surface area contributed by atoms with Crippen LogP contribution in [0.1, 0.15) is 33.6 Å². The molecule has 2 atom stereocenters. The molecule has 2 aliphatic heterocycles. The predicted octanol–water partition coefficient (Wildman–Crippen LogP) is 5.11. The Bertz CT molecular complexity index is 1430. The summed E-state index contributed by atoms with van der Waals surface area (Å²) < 4.78 is 5.33. The van der Waals surface area contributed by atoms with E-state index in [1.165, 1.54) is 16.8 Å². The molecule has 4 heterocycles. The van der Waals surface area contributed by atoms with Crippen molar-refractivity contribution in [2.24, 2.45) is 5.73 Å². The third-order valence-electron chi connectivity index (χ3n) is 7.06. The largest absolute Gasteiger partial charge is 0.444 e. The van der Waals surface area contributed by atoms with E-state index in [-0.39, 0.29) is 12.1 Å². The quantitative estimate of drug-likeness (QED) is 0.383. The standard InChI is InChI=1S/C18H23N3O2.C13H15N3/c1-18(2,3)23-17(22)20-13-9-11-21(12-13)16-8-4-7-15-14(16)6-5-10-19-15;14-10-6-8-16(9-10)13-5-1-4-12-11(13)3-2-7-15-12/h4-8,10,13H,9,11-12H2,1-3H3,(H,20,22);1-5,7,10H,6,8-9,14H2/t13-;10-/m00/s1. The van der Waals surface area contributed by atoms with Gasteiger partial charge in [0.25, 0.3) is 0 Å². The number of hydrogen-bond donors (Lipinski definition) is 2. The van der Waals surface area contributed by atoms with Crippen molar-refractivity contribution >= 4 is 39.3 Å². The molecule has 0 spiro atoms. The van der Waals surface area contributed by atoms with Gasteiger partial charge in [-0.2, -0.15) is 0 Å². The molecule has 0 radical (unpaired) electrons. The summed E-state index contributed by atoms with van der Waals surface area (Å²) in [5.41, 5.74) is 9.96. The number of carbonyl (C=O) groups is 1. The molecule has 0 bridgehead atoms. The third kappa shape index (κ3) is 6.57. The van der Waals surface area contributed by atoms with Gasteiger partial charge in [0.2, 0.25) is 0 Å². The van der Waals surface area contributed by atoms with Gasteiger partial charge in [0.1, 0.15) is 5.60 Å². The van der Waals surface area contributed by atoms with Crippen LogP contribution in [0.3, 0.4) is 0 Å². The Morgan fingerprint density at radius 2 is 1.41 bits per heavy atom. The lowest BCUT2D eigenvalue weighted by Gasteiger charge is -2.23. The summed E-state index contributed by atoms with van der Waals surface area (Å²) in [4.78, 5) is 25.3. The SMILES string of the molecule is CC(C)(C)OC(=O)N[C@H]1CCN(c2cccc3ncccc23)C1.N[C@H]1CCN(c2cccc3ncccc23)C1. The molecule has 2 aliphatic rings. The first-order chi connectivity index (χ1) is 18.8. The average molecular weight is 527 g/mol. The summed E-state index contributed by atoms with van der Waals surface area (Å²) in [6.07, 6.45) is 5.29. The molecule has 0 unspecified atom stereocenters. The van der Waals surface area contributed by atoms with Crippen molar-refractivity contribution in [3.63, 3.8) is 0 Å². The number of amides is 1. The molecule has 2 aromatic heterocycles. The number of nitrogens with zero attached hydrogens (tertiary/aromatic N) is 4. The van der Waals surface area contributed by atoms with Gasteiger partial charge in [-0.25, -0.2) is 4.79 Å². The lowest BCUT2D eigenvalue weighted by atomic mass is 10.1. The van der Waals surface area contributed by atoms with E-state index in [1.54, 1.807) is 0 Å². The second kappa shape index (κ2) is 11.5. The van der Waals surface area contributed by atoms with Gasteiger partial charge in [-0.15, -0.1) is 0 Å². The fourth-order valence-electron chi connectivity index (χ4n) is 5.30. The molecule has 4 aromatic rings. The smallest absolute Gasteiger partial charge is 0.407 e. The van der Waals surface area contributed by atoms with Crippen molar-refractivity contribution in [3.8, 4) is 0 Å². The summed E-state index contributed by atoms with van der Waals surface area (Å²) >= 11 is 0. The lowest BCUT2D eigenvalue weighted by molar-refractivity contribution is 0.0509. The molecule has 204 valence electrons. The Kier molecular flexibility index (Phi) is 7.84. The fourth-order valence-corrected chi connectivity index (χ4v) is 5.30. The number of benzene rings is 2. The minimum atomic E-state index is -0.469. The number of carbonyl (C=O) groups excluding carboxylic acids is 1. The molecular weight excluding hydrogens is 488 g/mol. The third-order valence-corrected chi connectivity index (χ3v) is 7.06. The molecule has 1 amide bonds. The Balaban J connectivity index is 0.000000168. The predicted molar refractivity (Wildman–Crippen MR) is 158 cm³/mol. The first-order valence-electron chi connectivity index (χ1n) is 13.7. The maximum absolute atomic E-state index is 11.9. The minimum absolute atomic E-state index is 0.108. The van der Waals surface area contributed by atoms with Crippen LogP contribution >= 0.6 is 0 Å². The molecule has 8 heteroatoms. The summed E-state index contributed by atoms with van der Waals surface area (Å²) in [6, 6.07) is 21.0. The van der Waals surface area contributed by atoms with Crippen molar-refractivity contribution < 1.29 is 9.53 Å². The van der Waals surface area contributed by atoms with E-state index in [0.29, 0.717) is 6.04 Å². The van der Waals surface area contributed by atoms with E-state index in [4.69, 9.17) is 10.5 Å². The maximum atomic E-state index is 11.9. The Morgan fingerprint density at radius 3 is 1.95 bits per heavy atom. The number of alkyl carbamates (subject to hydrolysis) is 1. The van der Waals surface area contributed by atoms with Gasteiger partial charge in [-0.1, -0.05) is 12.1 Å². The van der Waals surface area contributed by atoms with Crippen LogP contribution in [0.25, 0.3) is 21.8 Å². The van der Waals surface area contributed by atoms with Crippen LogP contribution < -0.4 is 20.9 Å².